The average molecular weight is 408 g/mol. The Morgan fingerprint density at radius 1 is 1.33 bits per heavy atom. The van der Waals surface area contributed by atoms with Gasteiger partial charge in [0.1, 0.15) is 11.4 Å². The Morgan fingerprint density at radius 3 is 2.87 bits per heavy atom. The maximum Gasteiger partial charge on any atom is 0.230 e. The van der Waals surface area contributed by atoms with Crippen LogP contribution < -0.4 is 0 Å². The molecule has 0 N–H and O–H groups in total. The number of halogens is 1. The quantitative estimate of drug-likeness (QED) is 0.702. The van der Waals surface area contributed by atoms with Gasteiger partial charge in [-0.15, -0.1) is 0 Å². The number of amides is 2. The summed E-state index contributed by atoms with van der Waals surface area (Å²) in [6, 6.07) is 6.09. The van der Waals surface area contributed by atoms with Gasteiger partial charge in [-0.05, 0) is 17.7 Å². The summed E-state index contributed by atoms with van der Waals surface area (Å²) in [5, 5.41) is 0. The third kappa shape index (κ3) is 2.99. The highest BCUT2D eigenvalue weighted by atomic mass is 19.1. The minimum absolute atomic E-state index is 0.0996. The fourth-order valence-corrected chi connectivity index (χ4v) is 4.79. The SMILES string of the molecule is CN(Cc1cnccn1)C(=O)[C@H]1[C@@H]2C=C[C@@]3(CN(Cc4ccc(F)cc4)C(=O)[C@H]13)O2. The van der Waals surface area contributed by atoms with Crippen LogP contribution in [0.1, 0.15) is 11.3 Å². The molecule has 2 saturated heterocycles. The first-order valence-corrected chi connectivity index (χ1v) is 9.87. The third-order valence-corrected chi connectivity index (χ3v) is 6.14. The molecular weight excluding hydrogens is 387 g/mol. The van der Waals surface area contributed by atoms with E-state index < -0.39 is 23.5 Å². The van der Waals surface area contributed by atoms with E-state index in [0.717, 1.165) is 5.56 Å². The number of rotatable bonds is 5. The van der Waals surface area contributed by atoms with Gasteiger partial charge in [-0.3, -0.25) is 19.6 Å². The van der Waals surface area contributed by atoms with E-state index in [4.69, 9.17) is 4.74 Å². The smallest absolute Gasteiger partial charge is 0.230 e. The maximum absolute atomic E-state index is 13.3. The Balaban J connectivity index is 1.35. The molecule has 1 aromatic heterocycles. The molecule has 4 atom stereocenters. The molecule has 2 amide bonds. The normalized spacial score (nSPS) is 28.8. The van der Waals surface area contributed by atoms with E-state index in [1.165, 1.54) is 12.1 Å². The van der Waals surface area contributed by atoms with Crippen LogP contribution in [0.4, 0.5) is 4.39 Å². The van der Waals surface area contributed by atoms with Crippen molar-refractivity contribution in [2.75, 3.05) is 13.6 Å². The lowest BCUT2D eigenvalue weighted by molar-refractivity contribution is -0.142. The number of hydrogen-bond donors (Lipinski definition) is 0. The maximum atomic E-state index is 13.3. The fraction of sp³-hybridized carbons (Fsp3) is 0.364. The molecule has 154 valence electrons. The Morgan fingerprint density at radius 2 is 2.13 bits per heavy atom. The van der Waals surface area contributed by atoms with Gasteiger partial charge in [0.25, 0.3) is 0 Å². The second-order valence-electron chi connectivity index (χ2n) is 8.11. The first-order chi connectivity index (χ1) is 14.5. The first kappa shape index (κ1) is 18.9. The summed E-state index contributed by atoms with van der Waals surface area (Å²) in [6.07, 6.45) is 8.20. The molecule has 2 fully saturated rings. The number of hydrogen-bond acceptors (Lipinski definition) is 5. The molecule has 1 spiro atoms. The van der Waals surface area contributed by atoms with Crippen molar-refractivity contribution in [2.24, 2.45) is 11.8 Å². The molecule has 0 radical (unpaired) electrons. The standard InChI is InChI=1S/C22H21FN4O3/c1-26(12-16-10-24-8-9-25-16)20(28)18-17-6-7-22(30-17)13-27(21(29)19(18)22)11-14-2-4-15(23)5-3-14/h2-10,17-19H,11-13H2,1H3/t17-,18-,19-,22-/m0/s1. The molecule has 0 saturated carbocycles. The van der Waals surface area contributed by atoms with Crippen molar-refractivity contribution in [3.05, 3.63) is 72.1 Å². The zero-order valence-electron chi connectivity index (χ0n) is 16.4. The van der Waals surface area contributed by atoms with Crippen molar-refractivity contribution in [3.63, 3.8) is 0 Å². The van der Waals surface area contributed by atoms with Crippen LogP contribution in [0.2, 0.25) is 0 Å². The summed E-state index contributed by atoms with van der Waals surface area (Å²) >= 11 is 0. The summed E-state index contributed by atoms with van der Waals surface area (Å²) in [4.78, 5) is 38.1. The summed E-state index contributed by atoms with van der Waals surface area (Å²) in [5.74, 6) is -1.67. The number of benzene rings is 1. The molecule has 2 bridgehead atoms. The van der Waals surface area contributed by atoms with Crippen molar-refractivity contribution in [3.8, 4) is 0 Å². The summed E-state index contributed by atoms with van der Waals surface area (Å²) in [5.41, 5.74) is 0.746. The molecule has 1 aromatic carbocycles. The van der Waals surface area contributed by atoms with Crippen LogP contribution in [0, 0.1) is 17.7 Å². The van der Waals surface area contributed by atoms with E-state index >= 15 is 0 Å². The lowest BCUT2D eigenvalue weighted by atomic mass is 9.76. The number of nitrogens with zero attached hydrogens (tertiary/aromatic N) is 4. The van der Waals surface area contributed by atoms with Gasteiger partial charge in [-0.25, -0.2) is 4.39 Å². The highest BCUT2D eigenvalue weighted by Gasteiger charge is 2.67. The van der Waals surface area contributed by atoms with Gasteiger partial charge < -0.3 is 14.5 Å². The van der Waals surface area contributed by atoms with Gasteiger partial charge in [0.05, 0.1) is 42.9 Å². The Kier molecular flexibility index (Phi) is 4.39. The number of ether oxygens (including phenoxy) is 1. The predicted molar refractivity (Wildman–Crippen MR) is 104 cm³/mol. The van der Waals surface area contributed by atoms with Crippen molar-refractivity contribution in [1.82, 2.24) is 19.8 Å². The summed E-state index contributed by atoms with van der Waals surface area (Å²) in [6.45, 7) is 1.06. The number of fused-ring (bicyclic) bond motifs is 1. The third-order valence-electron chi connectivity index (χ3n) is 6.14. The second kappa shape index (κ2) is 6.98. The van der Waals surface area contributed by atoms with Crippen LogP contribution in [0.3, 0.4) is 0 Å². The van der Waals surface area contributed by atoms with Crippen molar-refractivity contribution in [1.29, 1.82) is 0 Å². The van der Waals surface area contributed by atoms with Crippen molar-refractivity contribution in [2.45, 2.75) is 24.8 Å². The van der Waals surface area contributed by atoms with Crippen LogP contribution >= 0.6 is 0 Å². The molecule has 5 rings (SSSR count). The molecule has 3 aliphatic heterocycles. The lowest BCUT2D eigenvalue weighted by Gasteiger charge is -2.27. The van der Waals surface area contributed by atoms with Crippen LogP contribution in [-0.2, 0) is 27.4 Å². The fourth-order valence-electron chi connectivity index (χ4n) is 4.79. The van der Waals surface area contributed by atoms with E-state index in [-0.39, 0.29) is 17.6 Å². The van der Waals surface area contributed by atoms with Crippen molar-refractivity contribution >= 4 is 11.8 Å². The number of aromatic nitrogens is 2. The highest BCUT2D eigenvalue weighted by Crippen LogP contribution is 2.52. The average Bonchev–Trinajstić information content (AvgIpc) is 3.38. The Bertz CT molecular complexity index is 1010. The lowest BCUT2D eigenvalue weighted by Crippen LogP contribution is -2.44. The number of carbonyl (C=O) groups excluding carboxylic acids is 2. The molecule has 4 heterocycles. The zero-order valence-corrected chi connectivity index (χ0v) is 16.4. The van der Waals surface area contributed by atoms with Gasteiger partial charge in [0, 0.05) is 26.0 Å². The van der Waals surface area contributed by atoms with Gasteiger partial charge in [0.15, 0.2) is 0 Å². The Labute approximate surface area is 173 Å². The predicted octanol–water partition coefficient (Wildman–Crippen LogP) is 1.56. The number of likely N-dealkylation sites (tertiary alicyclic amines) is 1. The topological polar surface area (TPSA) is 75.6 Å². The monoisotopic (exact) mass is 408 g/mol. The first-order valence-electron chi connectivity index (χ1n) is 9.87. The minimum Gasteiger partial charge on any atom is -0.360 e. The molecule has 30 heavy (non-hydrogen) atoms. The summed E-state index contributed by atoms with van der Waals surface area (Å²) in [7, 11) is 1.70. The van der Waals surface area contributed by atoms with E-state index in [0.29, 0.717) is 25.3 Å². The van der Waals surface area contributed by atoms with E-state index in [1.807, 2.05) is 12.2 Å². The molecule has 0 unspecified atom stereocenters. The van der Waals surface area contributed by atoms with Gasteiger partial charge in [0.2, 0.25) is 11.8 Å². The van der Waals surface area contributed by atoms with E-state index in [2.05, 4.69) is 9.97 Å². The largest absolute Gasteiger partial charge is 0.360 e. The second-order valence-corrected chi connectivity index (χ2v) is 8.11. The zero-order chi connectivity index (χ0) is 20.9. The van der Waals surface area contributed by atoms with Crippen LogP contribution in [0.5, 0.6) is 0 Å². The highest BCUT2D eigenvalue weighted by molar-refractivity contribution is 5.93. The molecule has 3 aliphatic rings. The molecular formula is C22H21FN4O3. The minimum atomic E-state index is -0.768. The number of carbonyl (C=O) groups is 2. The molecule has 0 aliphatic carbocycles. The van der Waals surface area contributed by atoms with Crippen LogP contribution in [0.25, 0.3) is 0 Å². The van der Waals surface area contributed by atoms with E-state index in [1.54, 1.807) is 47.6 Å². The molecule has 7 nitrogen and oxygen atoms in total. The van der Waals surface area contributed by atoms with Crippen molar-refractivity contribution < 1.29 is 18.7 Å². The van der Waals surface area contributed by atoms with Crippen LogP contribution in [-0.4, -0.2) is 56.9 Å². The van der Waals surface area contributed by atoms with Crippen LogP contribution in [0.15, 0.2) is 55.0 Å². The van der Waals surface area contributed by atoms with Gasteiger partial charge >= 0.3 is 0 Å². The Hall–Kier alpha value is -3.13. The molecule has 8 heteroatoms. The van der Waals surface area contributed by atoms with E-state index in [9.17, 15) is 14.0 Å². The molecule has 2 aromatic rings. The van der Waals surface area contributed by atoms with Gasteiger partial charge in [-0.2, -0.15) is 0 Å². The summed E-state index contributed by atoms with van der Waals surface area (Å²) < 4.78 is 19.4. The van der Waals surface area contributed by atoms with Gasteiger partial charge in [-0.1, -0.05) is 24.3 Å².